The predicted molar refractivity (Wildman–Crippen MR) is 118 cm³/mol. The third-order valence-electron chi connectivity index (χ3n) is 6.05. The zero-order valence-corrected chi connectivity index (χ0v) is 18.0. The molecule has 1 aromatic heterocycles. The smallest absolute Gasteiger partial charge is 0.243 e. The van der Waals surface area contributed by atoms with Gasteiger partial charge in [-0.15, -0.1) is 0 Å². The molecular formula is C23H32N2O5. The molecule has 0 radical (unpaired) electrons. The molecule has 0 aliphatic carbocycles. The van der Waals surface area contributed by atoms with Gasteiger partial charge < -0.3 is 28.8 Å². The number of aliphatic hydroxyl groups excluding tert-OH is 1. The summed E-state index contributed by atoms with van der Waals surface area (Å²) in [6.07, 6.45) is 3.71. The van der Waals surface area contributed by atoms with Gasteiger partial charge in [-0.2, -0.15) is 0 Å². The Morgan fingerprint density at radius 2 is 2.00 bits per heavy atom. The van der Waals surface area contributed by atoms with Crippen molar-refractivity contribution >= 4 is 22.5 Å². The second kappa shape index (κ2) is 9.27. The molecule has 2 aliphatic rings. The van der Waals surface area contributed by atoms with Crippen molar-refractivity contribution in [3.05, 3.63) is 27.9 Å². The van der Waals surface area contributed by atoms with Crippen molar-refractivity contribution in [3.63, 3.8) is 0 Å². The molecule has 0 spiro atoms. The lowest BCUT2D eigenvalue weighted by molar-refractivity contribution is 0.120. The van der Waals surface area contributed by atoms with E-state index in [1.165, 1.54) is 0 Å². The number of hydrogen-bond acceptors (Lipinski definition) is 7. The minimum atomic E-state index is -0.129. The highest BCUT2D eigenvalue weighted by Crippen LogP contribution is 2.38. The van der Waals surface area contributed by atoms with E-state index < -0.39 is 0 Å². The highest BCUT2D eigenvalue weighted by atomic mass is 16.5. The van der Waals surface area contributed by atoms with E-state index in [2.05, 4.69) is 17.9 Å². The van der Waals surface area contributed by atoms with Gasteiger partial charge in [0.25, 0.3) is 0 Å². The second-order valence-corrected chi connectivity index (χ2v) is 7.97. The van der Waals surface area contributed by atoms with Crippen molar-refractivity contribution in [3.8, 4) is 5.75 Å². The Hall–Kier alpha value is -2.25. The summed E-state index contributed by atoms with van der Waals surface area (Å²) in [5, 5.41) is 10.4. The summed E-state index contributed by atoms with van der Waals surface area (Å²) in [5.41, 5.74) is 2.39. The van der Waals surface area contributed by atoms with Gasteiger partial charge in [0.2, 0.25) is 17.1 Å². The quantitative estimate of drug-likeness (QED) is 0.744. The molecular weight excluding hydrogens is 384 g/mol. The lowest BCUT2D eigenvalue weighted by Crippen LogP contribution is -2.37. The molecule has 2 saturated heterocycles. The average molecular weight is 417 g/mol. The van der Waals surface area contributed by atoms with Gasteiger partial charge in [0.15, 0.2) is 0 Å². The maximum atomic E-state index is 13.8. The van der Waals surface area contributed by atoms with Crippen molar-refractivity contribution in [1.29, 1.82) is 0 Å². The van der Waals surface area contributed by atoms with Crippen LogP contribution in [0.15, 0.2) is 21.3 Å². The van der Waals surface area contributed by atoms with E-state index in [4.69, 9.17) is 13.9 Å². The van der Waals surface area contributed by atoms with Crippen LogP contribution in [0.5, 0.6) is 5.75 Å². The fourth-order valence-corrected chi connectivity index (χ4v) is 4.60. The minimum Gasteiger partial charge on any atom is -0.485 e. The Kier molecular flexibility index (Phi) is 6.49. The first-order valence-electron chi connectivity index (χ1n) is 11.1. The molecule has 30 heavy (non-hydrogen) atoms. The monoisotopic (exact) mass is 416 g/mol. The Morgan fingerprint density at radius 1 is 1.20 bits per heavy atom. The van der Waals surface area contributed by atoms with Crippen LogP contribution in [0.25, 0.3) is 11.0 Å². The van der Waals surface area contributed by atoms with E-state index in [9.17, 15) is 9.90 Å². The van der Waals surface area contributed by atoms with Crippen LogP contribution in [-0.2, 0) is 11.2 Å². The summed E-state index contributed by atoms with van der Waals surface area (Å²) in [4.78, 5) is 18.0. The Labute approximate surface area is 177 Å². The first-order valence-corrected chi connectivity index (χ1v) is 11.1. The maximum absolute atomic E-state index is 13.8. The van der Waals surface area contributed by atoms with Gasteiger partial charge in [-0.25, -0.2) is 0 Å². The number of morpholine rings is 1. The maximum Gasteiger partial charge on any atom is 0.243 e. The number of rotatable bonds is 7. The highest BCUT2D eigenvalue weighted by Gasteiger charge is 2.30. The van der Waals surface area contributed by atoms with Gasteiger partial charge in [0.05, 0.1) is 43.5 Å². The van der Waals surface area contributed by atoms with Gasteiger partial charge in [-0.05, 0) is 37.8 Å². The van der Waals surface area contributed by atoms with Crippen LogP contribution in [0.1, 0.15) is 38.7 Å². The summed E-state index contributed by atoms with van der Waals surface area (Å²) in [5.74, 6) is 0.786. The lowest BCUT2D eigenvalue weighted by atomic mass is 10.0. The molecule has 164 valence electrons. The van der Waals surface area contributed by atoms with Crippen LogP contribution in [0, 0.1) is 0 Å². The zero-order chi connectivity index (χ0) is 21.1. The van der Waals surface area contributed by atoms with E-state index in [0.717, 1.165) is 43.5 Å². The first kappa shape index (κ1) is 21.0. The predicted octanol–water partition coefficient (Wildman–Crippen LogP) is 2.94. The Bertz CT molecular complexity index is 935. The van der Waals surface area contributed by atoms with Crippen LogP contribution in [0.4, 0.5) is 11.6 Å². The van der Waals surface area contributed by atoms with E-state index >= 15 is 0 Å². The van der Waals surface area contributed by atoms with Crippen LogP contribution in [0.3, 0.4) is 0 Å². The van der Waals surface area contributed by atoms with Crippen molar-refractivity contribution in [2.45, 2.75) is 45.6 Å². The molecule has 1 aromatic carbocycles. The third kappa shape index (κ3) is 3.76. The SMILES string of the molecule is CCCc1ccc(N2CCCC2CO)c2c(=O)c(OCC)c(N3CCOCC3)oc12. The van der Waals surface area contributed by atoms with Gasteiger partial charge in [0.1, 0.15) is 5.58 Å². The van der Waals surface area contributed by atoms with E-state index in [1.807, 2.05) is 17.9 Å². The van der Waals surface area contributed by atoms with Crippen LogP contribution in [-0.4, -0.2) is 57.2 Å². The molecule has 3 heterocycles. The van der Waals surface area contributed by atoms with Crippen molar-refractivity contribution < 1.29 is 19.0 Å². The first-order chi connectivity index (χ1) is 14.7. The van der Waals surface area contributed by atoms with Crippen LogP contribution in [0.2, 0.25) is 0 Å². The van der Waals surface area contributed by atoms with E-state index in [0.29, 0.717) is 49.8 Å². The van der Waals surface area contributed by atoms with Crippen molar-refractivity contribution in [1.82, 2.24) is 0 Å². The zero-order valence-electron chi connectivity index (χ0n) is 18.0. The molecule has 0 amide bonds. The number of nitrogens with zero attached hydrogens (tertiary/aromatic N) is 2. The molecule has 2 fully saturated rings. The normalized spacial score (nSPS) is 19.6. The lowest BCUT2D eigenvalue weighted by Gasteiger charge is -2.30. The van der Waals surface area contributed by atoms with Crippen molar-refractivity contribution in [2.75, 3.05) is 55.9 Å². The van der Waals surface area contributed by atoms with Gasteiger partial charge in [-0.3, -0.25) is 4.79 Å². The summed E-state index contributed by atoms with van der Waals surface area (Å²) >= 11 is 0. The number of hydrogen-bond donors (Lipinski definition) is 1. The molecule has 2 aliphatic heterocycles. The summed E-state index contributed by atoms with van der Waals surface area (Å²) in [6, 6.07) is 4.11. The number of aliphatic hydroxyl groups is 1. The average Bonchev–Trinajstić information content (AvgIpc) is 3.25. The number of aryl methyl sites for hydroxylation is 1. The van der Waals surface area contributed by atoms with Crippen molar-refractivity contribution in [2.24, 2.45) is 0 Å². The molecule has 4 rings (SSSR count). The number of ether oxygens (including phenoxy) is 2. The molecule has 0 saturated carbocycles. The molecule has 7 heteroatoms. The molecule has 0 bridgehead atoms. The largest absolute Gasteiger partial charge is 0.485 e. The third-order valence-corrected chi connectivity index (χ3v) is 6.05. The highest BCUT2D eigenvalue weighted by molar-refractivity contribution is 5.95. The minimum absolute atomic E-state index is 0.0269. The molecule has 1 atom stereocenters. The molecule has 2 aromatic rings. The van der Waals surface area contributed by atoms with E-state index in [1.54, 1.807) is 0 Å². The van der Waals surface area contributed by atoms with Crippen LogP contribution < -0.4 is 20.0 Å². The van der Waals surface area contributed by atoms with E-state index in [-0.39, 0.29) is 23.8 Å². The summed E-state index contributed by atoms with van der Waals surface area (Å²) < 4.78 is 17.8. The van der Waals surface area contributed by atoms with Crippen LogP contribution >= 0.6 is 0 Å². The standard InChI is InChI=1S/C23H32N2O5/c1-3-6-16-8-9-18(25-10-5-7-17(25)15-26)19-20(27)22(29-4-2)23(30-21(16)19)24-11-13-28-14-12-24/h8-9,17,26H,3-7,10-15H2,1-2H3. The fourth-order valence-electron chi connectivity index (χ4n) is 4.60. The Morgan fingerprint density at radius 3 is 2.70 bits per heavy atom. The summed E-state index contributed by atoms with van der Waals surface area (Å²) in [7, 11) is 0. The van der Waals surface area contributed by atoms with Gasteiger partial charge >= 0.3 is 0 Å². The van der Waals surface area contributed by atoms with Gasteiger partial charge in [0, 0.05) is 19.6 Å². The summed E-state index contributed by atoms with van der Waals surface area (Å²) in [6.45, 7) is 7.81. The second-order valence-electron chi connectivity index (χ2n) is 7.97. The fraction of sp³-hybridized carbons (Fsp3) is 0.609. The molecule has 7 nitrogen and oxygen atoms in total. The molecule has 1 N–H and O–H groups in total. The topological polar surface area (TPSA) is 75.4 Å². The number of fused-ring (bicyclic) bond motifs is 1. The number of benzene rings is 1. The van der Waals surface area contributed by atoms with Gasteiger partial charge in [-0.1, -0.05) is 19.4 Å². The Balaban J connectivity index is 1.96. The molecule has 1 unspecified atom stereocenters. The number of anilines is 2.